The Bertz CT molecular complexity index is 1530. The summed E-state index contributed by atoms with van der Waals surface area (Å²) in [6, 6.07) is 18.3. The van der Waals surface area contributed by atoms with Crippen LogP contribution in [0.5, 0.6) is 17.2 Å². The summed E-state index contributed by atoms with van der Waals surface area (Å²) in [6.45, 7) is 2.42. The lowest BCUT2D eigenvalue weighted by Gasteiger charge is -2.23. The predicted octanol–water partition coefficient (Wildman–Crippen LogP) is 5.34. The molecule has 0 aliphatic carbocycles. The number of rotatable bonds is 7. The summed E-state index contributed by atoms with van der Waals surface area (Å²) >= 11 is 1.27. The maximum atomic E-state index is 13.5. The number of aromatic nitrogens is 1. The molecule has 9 heteroatoms. The Morgan fingerprint density at radius 1 is 1.00 bits per heavy atom. The number of aliphatic hydroxyl groups is 1. The molecule has 1 atom stereocenters. The Hall–Kier alpha value is -4.37. The van der Waals surface area contributed by atoms with E-state index in [0.717, 1.165) is 4.70 Å². The first kappa shape index (κ1) is 24.3. The van der Waals surface area contributed by atoms with Gasteiger partial charge in [-0.15, -0.1) is 0 Å². The van der Waals surface area contributed by atoms with Crippen LogP contribution in [0.2, 0.25) is 0 Å². The van der Waals surface area contributed by atoms with Crippen LogP contribution in [0.3, 0.4) is 0 Å². The van der Waals surface area contributed by atoms with Crippen molar-refractivity contribution in [3.63, 3.8) is 0 Å². The van der Waals surface area contributed by atoms with Crippen molar-refractivity contribution in [1.82, 2.24) is 4.98 Å². The second-order valence-electron chi connectivity index (χ2n) is 8.21. The first-order chi connectivity index (χ1) is 18.0. The highest BCUT2D eigenvalue weighted by molar-refractivity contribution is 7.22. The number of nitrogens with zero attached hydrogens (tertiary/aromatic N) is 2. The van der Waals surface area contributed by atoms with Gasteiger partial charge in [-0.2, -0.15) is 0 Å². The summed E-state index contributed by atoms with van der Waals surface area (Å²) in [5.74, 6) is -0.226. The van der Waals surface area contributed by atoms with Crippen molar-refractivity contribution in [3.8, 4) is 17.2 Å². The van der Waals surface area contributed by atoms with Crippen LogP contribution < -0.4 is 19.1 Å². The number of benzene rings is 3. The summed E-state index contributed by atoms with van der Waals surface area (Å²) in [5.41, 5.74) is 1.62. The van der Waals surface area contributed by atoms with Crippen molar-refractivity contribution in [3.05, 3.63) is 83.4 Å². The molecule has 4 aromatic rings. The molecule has 1 amide bonds. The summed E-state index contributed by atoms with van der Waals surface area (Å²) in [6.07, 6.45) is 0. The topological polar surface area (TPSA) is 98.2 Å². The monoisotopic (exact) mass is 516 g/mol. The molecule has 3 aromatic carbocycles. The lowest BCUT2D eigenvalue weighted by Crippen LogP contribution is -2.29. The Kier molecular flexibility index (Phi) is 6.54. The minimum atomic E-state index is -0.938. The third-order valence-electron chi connectivity index (χ3n) is 6.08. The summed E-state index contributed by atoms with van der Waals surface area (Å²) in [4.78, 5) is 32.9. The zero-order valence-electron chi connectivity index (χ0n) is 20.4. The van der Waals surface area contributed by atoms with E-state index in [1.807, 2.05) is 25.1 Å². The van der Waals surface area contributed by atoms with Crippen LogP contribution in [-0.4, -0.2) is 42.6 Å². The van der Waals surface area contributed by atoms with Gasteiger partial charge in [-0.1, -0.05) is 47.7 Å². The molecule has 0 saturated carbocycles. The van der Waals surface area contributed by atoms with Crippen LogP contribution in [0.1, 0.15) is 24.1 Å². The van der Waals surface area contributed by atoms with E-state index in [9.17, 15) is 14.7 Å². The number of ether oxygens (including phenoxy) is 3. The van der Waals surface area contributed by atoms with E-state index in [1.54, 1.807) is 48.5 Å². The van der Waals surface area contributed by atoms with E-state index in [-0.39, 0.29) is 11.3 Å². The fraction of sp³-hybridized carbons (Fsp3) is 0.179. The number of hydrogen-bond acceptors (Lipinski definition) is 8. The van der Waals surface area contributed by atoms with Gasteiger partial charge < -0.3 is 19.3 Å². The standard InChI is InChI=1S/C28H24N2O6S/c1-4-36-18-11-12-19-22(15-18)37-28(29-19)30-24(17-10-13-20(34-2)21(14-17)35-3)23(26(32)27(30)33)25(31)16-8-6-5-7-9-16/h5-15,24,31H,4H2,1-3H3/t24-/m1/s1. The van der Waals surface area contributed by atoms with Crippen LogP contribution in [0.25, 0.3) is 16.0 Å². The number of fused-ring (bicyclic) bond motifs is 1. The average Bonchev–Trinajstić information content (AvgIpc) is 3.46. The highest BCUT2D eigenvalue weighted by atomic mass is 32.1. The molecule has 8 nitrogen and oxygen atoms in total. The second kappa shape index (κ2) is 9.94. The van der Waals surface area contributed by atoms with E-state index in [4.69, 9.17) is 14.2 Å². The highest BCUT2D eigenvalue weighted by Crippen LogP contribution is 2.46. The van der Waals surface area contributed by atoms with Gasteiger partial charge in [-0.25, -0.2) is 4.98 Å². The molecule has 1 aromatic heterocycles. The Balaban J connectivity index is 1.72. The SMILES string of the molecule is CCOc1ccc2nc(N3C(=O)C(=O)C(=C(O)c4ccccc4)[C@H]3c3ccc(OC)c(OC)c3)sc2c1. The van der Waals surface area contributed by atoms with Gasteiger partial charge in [-0.3, -0.25) is 14.5 Å². The largest absolute Gasteiger partial charge is 0.507 e. The van der Waals surface area contributed by atoms with Crippen LogP contribution in [-0.2, 0) is 9.59 Å². The first-order valence-corrected chi connectivity index (χ1v) is 12.4. The molecule has 0 bridgehead atoms. The van der Waals surface area contributed by atoms with E-state index in [1.165, 1.54) is 30.5 Å². The minimum Gasteiger partial charge on any atom is -0.507 e. The van der Waals surface area contributed by atoms with E-state index < -0.39 is 17.7 Å². The average molecular weight is 517 g/mol. The molecule has 5 rings (SSSR count). The highest BCUT2D eigenvalue weighted by Gasteiger charge is 2.48. The van der Waals surface area contributed by atoms with Crippen molar-refractivity contribution in [2.24, 2.45) is 0 Å². The van der Waals surface area contributed by atoms with Crippen molar-refractivity contribution in [2.45, 2.75) is 13.0 Å². The molecule has 1 fully saturated rings. The number of ketones is 1. The summed E-state index contributed by atoms with van der Waals surface area (Å²) in [5, 5.41) is 11.6. The molecule has 0 spiro atoms. The molecular weight excluding hydrogens is 492 g/mol. The molecule has 2 heterocycles. The number of carbonyl (C=O) groups excluding carboxylic acids is 2. The number of thiazole rings is 1. The minimum absolute atomic E-state index is 0.0299. The van der Waals surface area contributed by atoms with Gasteiger partial charge in [0.15, 0.2) is 16.6 Å². The van der Waals surface area contributed by atoms with Crippen LogP contribution >= 0.6 is 11.3 Å². The number of anilines is 1. The van der Waals surface area contributed by atoms with E-state index in [2.05, 4.69) is 4.98 Å². The number of amides is 1. The molecule has 0 unspecified atom stereocenters. The van der Waals surface area contributed by atoms with Gasteiger partial charge in [0.25, 0.3) is 5.78 Å². The zero-order valence-corrected chi connectivity index (χ0v) is 21.2. The molecule has 1 N–H and O–H groups in total. The van der Waals surface area contributed by atoms with E-state index in [0.29, 0.717) is 45.6 Å². The molecule has 188 valence electrons. The normalized spacial score (nSPS) is 16.8. The number of hydrogen-bond donors (Lipinski definition) is 1. The molecule has 37 heavy (non-hydrogen) atoms. The fourth-order valence-corrected chi connectivity index (χ4v) is 5.39. The summed E-state index contributed by atoms with van der Waals surface area (Å²) < 4.78 is 17.2. The second-order valence-corrected chi connectivity index (χ2v) is 9.22. The Labute approximate surface area is 217 Å². The third-order valence-corrected chi connectivity index (χ3v) is 7.10. The van der Waals surface area contributed by atoms with Crippen molar-refractivity contribution < 1.29 is 28.9 Å². The van der Waals surface area contributed by atoms with Crippen LogP contribution in [0.4, 0.5) is 5.13 Å². The maximum absolute atomic E-state index is 13.5. The predicted molar refractivity (Wildman–Crippen MR) is 142 cm³/mol. The van der Waals surface area contributed by atoms with Gasteiger partial charge in [0.05, 0.1) is 42.7 Å². The van der Waals surface area contributed by atoms with Gasteiger partial charge in [0, 0.05) is 5.56 Å². The summed E-state index contributed by atoms with van der Waals surface area (Å²) in [7, 11) is 3.03. The van der Waals surface area contributed by atoms with Crippen molar-refractivity contribution in [2.75, 3.05) is 25.7 Å². The molecular formula is C28H24N2O6S. The van der Waals surface area contributed by atoms with E-state index >= 15 is 0 Å². The van der Waals surface area contributed by atoms with Gasteiger partial charge >= 0.3 is 5.91 Å². The molecule has 1 saturated heterocycles. The van der Waals surface area contributed by atoms with Gasteiger partial charge in [0.1, 0.15) is 11.5 Å². The van der Waals surface area contributed by atoms with Crippen molar-refractivity contribution in [1.29, 1.82) is 0 Å². The van der Waals surface area contributed by atoms with Gasteiger partial charge in [0.2, 0.25) is 0 Å². The van der Waals surface area contributed by atoms with Crippen LogP contribution in [0.15, 0.2) is 72.3 Å². The fourth-order valence-electron chi connectivity index (χ4n) is 4.37. The number of carbonyl (C=O) groups is 2. The number of Topliss-reactive ketones (excluding diaryl/α,β-unsaturated/α-hetero) is 1. The maximum Gasteiger partial charge on any atom is 0.301 e. The quantitative estimate of drug-likeness (QED) is 0.201. The zero-order chi connectivity index (χ0) is 26.1. The Morgan fingerprint density at radius 3 is 2.46 bits per heavy atom. The third kappa shape index (κ3) is 4.27. The molecule has 1 aliphatic heterocycles. The first-order valence-electron chi connectivity index (χ1n) is 11.6. The molecule has 0 radical (unpaired) electrons. The lowest BCUT2D eigenvalue weighted by molar-refractivity contribution is -0.132. The Morgan fingerprint density at radius 2 is 1.76 bits per heavy atom. The van der Waals surface area contributed by atoms with Crippen molar-refractivity contribution >= 4 is 44.1 Å². The molecule has 1 aliphatic rings. The van der Waals surface area contributed by atoms with Gasteiger partial charge in [-0.05, 0) is 42.8 Å². The number of aliphatic hydroxyl groups excluding tert-OH is 1. The lowest BCUT2D eigenvalue weighted by atomic mass is 9.95. The van der Waals surface area contributed by atoms with Crippen LogP contribution in [0, 0.1) is 0 Å². The number of methoxy groups -OCH3 is 2. The smallest absolute Gasteiger partial charge is 0.301 e.